The number of carbonyl (C=O) groups excluding carboxylic acids is 1. The highest BCUT2D eigenvalue weighted by atomic mass is 16.4. The second kappa shape index (κ2) is 5.65. The number of carboxylic acid groups (broad SMARTS) is 1. The van der Waals surface area contributed by atoms with Gasteiger partial charge < -0.3 is 10.0 Å². The van der Waals surface area contributed by atoms with Crippen LogP contribution in [0, 0.1) is 5.41 Å². The molecule has 4 heteroatoms. The van der Waals surface area contributed by atoms with Crippen molar-refractivity contribution < 1.29 is 14.7 Å². The van der Waals surface area contributed by atoms with E-state index in [4.69, 9.17) is 0 Å². The van der Waals surface area contributed by atoms with E-state index >= 15 is 0 Å². The van der Waals surface area contributed by atoms with Crippen LogP contribution in [-0.2, 0) is 22.4 Å². The molecule has 1 amide bonds. The molecule has 0 saturated carbocycles. The number of aryl methyl sites for hydroxylation is 1. The van der Waals surface area contributed by atoms with Gasteiger partial charge in [0, 0.05) is 13.1 Å². The van der Waals surface area contributed by atoms with Crippen LogP contribution in [0.5, 0.6) is 0 Å². The molecule has 1 aliphatic rings. The molecule has 1 fully saturated rings. The number of nitrogens with zero attached hydrogens (tertiary/aromatic N) is 1. The maximum Gasteiger partial charge on any atom is 0.311 e. The van der Waals surface area contributed by atoms with Gasteiger partial charge in [-0.3, -0.25) is 9.59 Å². The van der Waals surface area contributed by atoms with Crippen LogP contribution >= 0.6 is 0 Å². The number of likely N-dealkylation sites (tertiary alicyclic amines) is 1. The topological polar surface area (TPSA) is 57.6 Å². The Morgan fingerprint density at radius 1 is 1.25 bits per heavy atom. The molecule has 1 saturated heterocycles. The minimum Gasteiger partial charge on any atom is -0.481 e. The van der Waals surface area contributed by atoms with Gasteiger partial charge in [0.15, 0.2) is 0 Å². The zero-order chi connectivity index (χ0) is 14.8. The molecular formula is C16H21NO3. The second-order valence-electron chi connectivity index (χ2n) is 5.78. The second-order valence-corrected chi connectivity index (χ2v) is 5.78. The zero-order valence-electron chi connectivity index (χ0n) is 12.1. The molecular weight excluding hydrogens is 254 g/mol. The summed E-state index contributed by atoms with van der Waals surface area (Å²) in [5, 5.41) is 9.18. The van der Waals surface area contributed by atoms with Gasteiger partial charge >= 0.3 is 5.97 Å². The standard InChI is InChI=1S/C16H21NO3/c1-3-12-4-6-13(7-5-12)10-14(18)17-9-8-16(2,11-17)15(19)20/h4-7H,3,8-11H2,1-2H3,(H,19,20). The summed E-state index contributed by atoms with van der Waals surface area (Å²) < 4.78 is 0. The van der Waals surface area contributed by atoms with Crippen LogP contribution in [0.4, 0.5) is 0 Å². The number of carbonyl (C=O) groups is 2. The monoisotopic (exact) mass is 275 g/mol. The smallest absolute Gasteiger partial charge is 0.311 e. The number of rotatable bonds is 4. The number of hydrogen-bond donors (Lipinski definition) is 1. The summed E-state index contributed by atoms with van der Waals surface area (Å²) in [4.78, 5) is 25.1. The van der Waals surface area contributed by atoms with E-state index in [0.717, 1.165) is 12.0 Å². The third kappa shape index (κ3) is 3.00. The van der Waals surface area contributed by atoms with Crippen molar-refractivity contribution in [1.29, 1.82) is 0 Å². The molecule has 0 aromatic heterocycles. The lowest BCUT2D eigenvalue weighted by Gasteiger charge is -2.20. The van der Waals surface area contributed by atoms with Crippen molar-refractivity contribution in [1.82, 2.24) is 4.90 Å². The van der Waals surface area contributed by atoms with E-state index in [1.165, 1.54) is 5.56 Å². The van der Waals surface area contributed by atoms with E-state index in [2.05, 4.69) is 6.92 Å². The summed E-state index contributed by atoms with van der Waals surface area (Å²) in [6, 6.07) is 8.02. The highest BCUT2D eigenvalue weighted by Gasteiger charge is 2.41. The van der Waals surface area contributed by atoms with E-state index in [9.17, 15) is 14.7 Å². The fourth-order valence-electron chi connectivity index (χ4n) is 2.53. The molecule has 4 nitrogen and oxygen atoms in total. The van der Waals surface area contributed by atoms with Crippen molar-refractivity contribution in [3.8, 4) is 0 Å². The van der Waals surface area contributed by atoms with Gasteiger partial charge in [0.25, 0.3) is 0 Å². The molecule has 1 aromatic carbocycles. The summed E-state index contributed by atoms with van der Waals surface area (Å²) >= 11 is 0. The van der Waals surface area contributed by atoms with E-state index in [-0.39, 0.29) is 5.91 Å². The molecule has 1 unspecified atom stereocenters. The summed E-state index contributed by atoms with van der Waals surface area (Å²) in [6.45, 7) is 4.65. The average Bonchev–Trinajstić information content (AvgIpc) is 2.84. The minimum absolute atomic E-state index is 0.0132. The third-order valence-electron chi connectivity index (χ3n) is 4.13. The summed E-state index contributed by atoms with van der Waals surface area (Å²) in [5.41, 5.74) is 1.44. The van der Waals surface area contributed by atoms with E-state index < -0.39 is 11.4 Å². The fraction of sp³-hybridized carbons (Fsp3) is 0.500. The number of amides is 1. The first-order chi connectivity index (χ1) is 9.44. The van der Waals surface area contributed by atoms with Crippen molar-refractivity contribution in [2.45, 2.75) is 33.1 Å². The lowest BCUT2D eigenvalue weighted by molar-refractivity contribution is -0.147. The Balaban J connectivity index is 1.97. The van der Waals surface area contributed by atoms with Crippen LogP contribution in [0.15, 0.2) is 24.3 Å². The zero-order valence-corrected chi connectivity index (χ0v) is 12.1. The Bertz CT molecular complexity index is 509. The van der Waals surface area contributed by atoms with Crippen LogP contribution in [0.2, 0.25) is 0 Å². The average molecular weight is 275 g/mol. The SMILES string of the molecule is CCc1ccc(CC(=O)N2CCC(C)(C(=O)O)C2)cc1. The first-order valence-electron chi connectivity index (χ1n) is 7.03. The van der Waals surface area contributed by atoms with E-state index in [1.54, 1.807) is 11.8 Å². The van der Waals surface area contributed by atoms with Crippen LogP contribution in [0.25, 0.3) is 0 Å². The highest BCUT2D eigenvalue weighted by Crippen LogP contribution is 2.30. The largest absolute Gasteiger partial charge is 0.481 e. The summed E-state index contributed by atoms with van der Waals surface area (Å²) in [7, 11) is 0. The molecule has 0 radical (unpaired) electrons. The Kier molecular flexibility index (Phi) is 4.12. The van der Waals surface area contributed by atoms with E-state index in [1.807, 2.05) is 24.3 Å². The molecule has 108 valence electrons. The number of benzene rings is 1. The van der Waals surface area contributed by atoms with Gasteiger partial charge in [0.05, 0.1) is 11.8 Å². The van der Waals surface area contributed by atoms with Crippen molar-refractivity contribution >= 4 is 11.9 Å². The first-order valence-corrected chi connectivity index (χ1v) is 7.03. The maximum atomic E-state index is 12.2. The predicted molar refractivity (Wildman–Crippen MR) is 76.5 cm³/mol. The van der Waals surface area contributed by atoms with Crippen LogP contribution in [0.3, 0.4) is 0 Å². The lowest BCUT2D eigenvalue weighted by atomic mass is 9.90. The number of carboxylic acids is 1. The molecule has 2 rings (SSSR count). The van der Waals surface area contributed by atoms with Crippen molar-refractivity contribution in [2.24, 2.45) is 5.41 Å². The third-order valence-corrected chi connectivity index (χ3v) is 4.13. The first kappa shape index (κ1) is 14.6. The number of aliphatic carboxylic acids is 1. The molecule has 1 aromatic rings. The summed E-state index contributed by atoms with van der Waals surface area (Å²) in [5.74, 6) is -0.806. The summed E-state index contributed by atoms with van der Waals surface area (Å²) in [6.07, 6.45) is 1.86. The quantitative estimate of drug-likeness (QED) is 0.915. The molecule has 0 aliphatic carbocycles. The molecule has 1 atom stereocenters. The lowest BCUT2D eigenvalue weighted by Crippen LogP contribution is -2.35. The number of hydrogen-bond acceptors (Lipinski definition) is 2. The van der Waals surface area contributed by atoms with Gasteiger partial charge in [-0.1, -0.05) is 31.2 Å². The van der Waals surface area contributed by atoms with Gasteiger partial charge in [-0.05, 0) is 30.9 Å². The normalized spacial score (nSPS) is 22.0. The Labute approximate surface area is 119 Å². The van der Waals surface area contributed by atoms with Gasteiger partial charge in [0.1, 0.15) is 0 Å². The molecule has 1 N–H and O–H groups in total. The van der Waals surface area contributed by atoms with Gasteiger partial charge in [-0.15, -0.1) is 0 Å². The van der Waals surface area contributed by atoms with Crippen molar-refractivity contribution in [3.05, 3.63) is 35.4 Å². The molecule has 1 heterocycles. The van der Waals surface area contributed by atoms with Gasteiger partial charge in [-0.2, -0.15) is 0 Å². The van der Waals surface area contributed by atoms with Crippen LogP contribution in [0.1, 0.15) is 31.4 Å². The molecule has 1 aliphatic heterocycles. The van der Waals surface area contributed by atoms with Crippen LogP contribution < -0.4 is 0 Å². The Morgan fingerprint density at radius 3 is 2.35 bits per heavy atom. The van der Waals surface area contributed by atoms with E-state index in [0.29, 0.717) is 25.9 Å². The van der Waals surface area contributed by atoms with Gasteiger partial charge in [-0.25, -0.2) is 0 Å². The molecule has 20 heavy (non-hydrogen) atoms. The van der Waals surface area contributed by atoms with Crippen molar-refractivity contribution in [3.63, 3.8) is 0 Å². The highest BCUT2D eigenvalue weighted by molar-refractivity contribution is 5.82. The van der Waals surface area contributed by atoms with Crippen LogP contribution in [-0.4, -0.2) is 35.0 Å². The maximum absolute atomic E-state index is 12.2. The van der Waals surface area contributed by atoms with Gasteiger partial charge in [0.2, 0.25) is 5.91 Å². The Hall–Kier alpha value is -1.84. The molecule has 0 spiro atoms. The Morgan fingerprint density at radius 2 is 1.85 bits per heavy atom. The minimum atomic E-state index is -0.819. The predicted octanol–water partition coefficient (Wildman–Crippen LogP) is 2.11. The fourth-order valence-corrected chi connectivity index (χ4v) is 2.53. The molecule has 0 bridgehead atoms. The van der Waals surface area contributed by atoms with Crippen molar-refractivity contribution in [2.75, 3.05) is 13.1 Å².